The standard InChI is InChI=1S/C23H17NO2/c25-23(22-16-19-8-4-5-9-21(19)26-22)24-20-14-12-18(13-15-20)11-10-17-6-2-1-3-7-17/h1-16H,(H,24,25)/b11-10+. The van der Waals surface area contributed by atoms with Crippen LogP contribution in [0.4, 0.5) is 5.69 Å². The van der Waals surface area contributed by atoms with Crippen molar-refractivity contribution in [3.8, 4) is 0 Å². The number of anilines is 1. The molecule has 1 amide bonds. The second-order valence-corrected chi connectivity index (χ2v) is 5.97. The fraction of sp³-hybridized carbons (Fsp3) is 0. The molecular formula is C23H17NO2. The molecule has 0 saturated heterocycles. The van der Waals surface area contributed by atoms with Crippen molar-refractivity contribution < 1.29 is 9.21 Å². The second-order valence-electron chi connectivity index (χ2n) is 5.97. The van der Waals surface area contributed by atoms with E-state index in [1.807, 2.05) is 72.8 Å². The van der Waals surface area contributed by atoms with E-state index in [9.17, 15) is 4.79 Å². The summed E-state index contributed by atoms with van der Waals surface area (Å²) in [4.78, 5) is 12.4. The summed E-state index contributed by atoms with van der Waals surface area (Å²) in [5.74, 6) is 0.0491. The summed E-state index contributed by atoms with van der Waals surface area (Å²) < 4.78 is 5.59. The molecule has 126 valence electrons. The summed E-state index contributed by atoms with van der Waals surface area (Å²) in [5, 5.41) is 3.78. The quantitative estimate of drug-likeness (QED) is 0.473. The number of benzene rings is 3. The van der Waals surface area contributed by atoms with Gasteiger partial charge in [-0.25, -0.2) is 0 Å². The van der Waals surface area contributed by atoms with Gasteiger partial charge in [0.2, 0.25) is 0 Å². The summed E-state index contributed by atoms with van der Waals surface area (Å²) in [7, 11) is 0. The van der Waals surface area contributed by atoms with Crippen molar-refractivity contribution in [2.24, 2.45) is 0 Å². The van der Waals surface area contributed by atoms with Gasteiger partial charge in [0.05, 0.1) is 0 Å². The van der Waals surface area contributed by atoms with Crippen molar-refractivity contribution >= 4 is 34.7 Å². The number of para-hydroxylation sites is 1. The summed E-state index contributed by atoms with van der Waals surface area (Å²) in [6.07, 6.45) is 4.10. The third-order valence-electron chi connectivity index (χ3n) is 4.09. The highest BCUT2D eigenvalue weighted by Crippen LogP contribution is 2.20. The number of carbonyl (C=O) groups excluding carboxylic acids is 1. The Hall–Kier alpha value is -3.59. The Kier molecular flexibility index (Phi) is 4.35. The largest absolute Gasteiger partial charge is 0.451 e. The van der Waals surface area contributed by atoms with E-state index in [4.69, 9.17) is 4.42 Å². The first kappa shape index (κ1) is 15.9. The van der Waals surface area contributed by atoms with Crippen LogP contribution in [0.5, 0.6) is 0 Å². The molecule has 0 aliphatic rings. The highest BCUT2D eigenvalue weighted by molar-refractivity contribution is 6.04. The Morgan fingerprint density at radius 1 is 0.769 bits per heavy atom. The fourth-order valence-electron chi connectivity index (χ4n) is 2.72. The van der Waals surface area contributed by atoms with Crippen LogP contribution in [0, 0.1) is 0 Å². The maximum absolute atomic E-state index is 12.4. The van der Waals surface area contributed by atoms with Crippen molar-refractivity contribution in [2.75, 3.05) is 5.32 Å². The average molecular weight is 339 g/mol. The van der Waals surface area contributed by atoms with Gasteiger partial charge in [-0.05, 0) is 35.4 Å². The number of amides is 1. The number of rotatable bonds is 4. The van der Waals surface area contributed by atoms with Crippen molar-refractivity contribution in [2.45, 2.75) is 0 Å². The third-order valence-corrected chi connectivity index (χ3v) is 4.09. The maximum Gasteiger partial charge on any atom is 0.291 e. The third kappa shape index (κ3) is 3.57. The van der Waals surface area contributed by atoms with Crippen LogP contribution in [0.25, 0.3) is 23.1 Å². The van der Waals surface area contributed by atoms with Crippen LogP contribution in [0.3, 0.4) is 0 Å². The maximum atomic E-state index is 12.4. The lowest BCUT2D eigenvalue weighted by atomic mass is 10.1. The molecule has 0 fully saturated rings. The molecular weight excluding hydrogens is 322 g/mol. The van der Waals surface area contributed by atoms with E-state index in [1.54, 1.807) is 6.07 Å². The van der Waals surface area contributed by atoms with Crippen LogP contribution in [0.1, 0.15) is 21.7 Å². The van der Waals surface area contributed by atoms with Crippen molar-refractivity contribution in [3.05, 3.63) is 102 Å². The van der Waals surface area contributed by atoms with E-state index >= 15 is 0 Å². The summed E-state index contributed by atoms with van der Waals surface area (Å²) in [5.41, 5.74) is 3.65. The van der Waals surface area contributed by atoms with Crippen molar-refractivity contribution in [3.63, 3.8) is 0 Å². The van der Waals surface area contributed by atoms with E-state index in [1.165, 1.54) is 0 Å². The van der Waals surface area contributed by atoms with E-state index < -0.39 is 0 Å². The Morgan fingerprint density at radius 2 is 1.42 bits per heavy atom. The van der Waals surface area contributed by atoms with Crippen molar-refractivity contribution in [1.82, 2.24) is 0 Å². The highest BCUT2D eigenvalue weighted by atomic mass is 16.3. The van der Waals surface area contributed by atoms with Gasteiger partial charge in [-0.2, -0.15) is 0 Å². The van der Waals surface area contributed by atoms with Crippen molar-refractivity contribution in [1.29, 1.82) is 0 Å². The molecule has 0 radical (unpaired) electrons. The first-order valence-corrected chi connectivity index (χ1v) is 8.41. The molecule has 26 heavy (non-hydrogen) atoms. The summed E-state index contributed by atoms with van der Waals surface area (Å²) in [6.45, 7) is 0. The predicted molar refractivity (Wildman–Crippen MR) is 106 cm³/mol. The fourth-order valence-corrected chi connectivity index (χ4v) is 2.72. The normalized spacial score (nSPS) is 11.1. The number of hydrogen-bond acceptors (Lipinski definition) is 2. The van der Waals surface area contributed by atoms with E-state index in [-0.39, 0.29) is 5.91 Å². The van der Waals surface area contributed by atoms with Gasteiger partial charge in [0.15, 0.2) is 5.76 Å². The molecule has 0 atom stereocenters. The molecule has 4 rings (SSSR count). The van der Waals surface area contributed by atoms with Gasteiger partial charge >= 0.3 is 0 Å². The summed E-state index contributed by atoms with van der Waals surface area (Å²) in [6, 6.07) is 27.1. The molecule has 0 bridgehead atoms. The molecule has 3 heteroatoms. The minimum Gasteiger partial charge on any atom is -0.451 e. The molecule has 1 heterocycles. The molecule has 1 aromatic heterocycles. The van der Waals surface area contributed by atoms with Gasteiger partial charge in [-0.3, -0.25) is 4.79 Å². The van der Waals surface area contributed by atoms with E-state index in [2.05, 4.69) is 23.5 Å². The van der Waals surface area contributed by atoms with Gasteiger partial charge in [0.25, 0.3) is 5.91 Å². The predicted octanol–water partition coefficient (Wildman–Crippen LogP) is 5.86. The topological polar surface area (TPSA) is 42.2 Å². The zero-order valence-electron chi connectivity index (χ0n) is 14.1. The van der Waals surface area contributed by atoms with Gasteiger partial charge in [0.1, 0.15) is 5.58 Å². The number of hydrogen-bond donors (Lipinski definition) is 1. The molecule has 0 saturated carbocycles. The zero-order valence-corrected chi connectivity index (χ0v) is 14.1. The van der Waals surface area contributed by atoms with Crippen LogP contribution in [0.15, 0.2) is 89.3 Å². The Labute approximate surface area is 151 Å². The monoisotopic (exact) mass is 339 g/mol. The Morgan fingerprint density at radius 3 is 2.15 bits per heavy atom. The smallest absolute Gasteiger partial charge is 0.291 e. The molecule has 0 unspecified atom stereocenters. The van der Waals surface area contributed by atoms with Crippen LogP contribution < -0.4 is 5.32 Å². The lowest BCUT2D eigenvalue weighted by molar-refractivity contribution is 0.0998. The van der Waals surface area contributed by atoms with Crippen LogP contribution in [-0.2, 0) is 0 Å². The van der Waals surface area contributed by atoms with Gasteiger partial charge < -0.3 is 9.73 Å². The van der Waals surface area contributed by atoms with E-state index in [0.717, 1.165) is 22.2 Å². The SMILES string of the molecule is O=C(Nc1ccc(/C=C/c2ccccc2)cc1)c1cc2ccccc2o1. The van der Waals surface area contributed by atoms with Gasteiger partial charge in [0, 0.05) is 11.1 Å². The molecule has 4 aromatic rings. The molecule has 3 aromatic carbocycles. The first-order valence-electron chi connectivity index (χ1n) is 8.41. The van der Waals surface area contributed by atoms with Crippen LogP contribution in [0.2, 0.25) is 0 Å². The molecule has 0 aliphatic carbocycles. The lowest BCUT2D eigenvalue weighted by Crippen LogP contribution is -2.10. The van der Waals surface area contributed by atoms with Crippen LogP contribution >= 0.6 is 0 Å². The minimum absolute atomic E-state index is 0.256. The van der Waals surface area contributed by atoms with Gasteiger partial charge in [-0.15, -0.1) is 0 Å². The highest BCUT2D eigenvalue weighted by Gasteiger charge is 2.12. The van der Waals surface area contributed by atoms with Gasteiger partial charge in [-0.1, -0.05) is 72.8 Å². The Balaban J connectivity index is 1.45. The van der Waals surface area contributed by atoms with Crippen LogP contribution in [-0.4, -0.2) is 5.91 Å². The number of nitrogens with one attached hydrogen (secondary N) is 1. The second kappa shape index (κ2) is 7.11. The average Bonchev–Trinajstić information content (AvgIpc) is 3.13. The molecule has 0 aliphatic heterocycles. The first-order chi connectivity index (χ1) is 12.8. The zero-order chi connectivity index (χ0) is 17.8. The molecule has 0 spiro atoms. The molecule has 1 N–H and O–H groups in total. The lowest BCUT2D eigenvalue weighted by Gasteiger charge is -2.03. The summed E-state index contributed by atoms with van der Waals surface area (Å²) >= 11 is 0. The Bertz CT molecular complexity index is 1030. The van der Waals surface area contributed by atoms with E-state index in [0.29, 0.717) is 11.3 Å². The number of furan rings is 1. The number of fused-ring (bicyclic) bond motifs is 1. The molecule has 3 nitrogen and oxygen atoms in total. The number of carbonyl (C=O) groups is 1. The minimum atomic E-state index is -0.256.